The van der Waals surface area contributed by atoms with Crippen molar-refractivity contribution in [3.8, 4) is 0 Å². The molecule has 0 aliphatic rings. The van der Waals surface area contributed by atoms with E-state index in [0.29, 0.717) is 30.3 Å². The summed E-state index contributed by atoms with van der Waals surface area (Å²) in [4.78, 5) is 0.323. The normalized spacial score (nSPS) is 13.7. The van der Waals surface area contributed by atoms with Gasteiger partial charge in [-0.3, -0.25) is 0 Å². The van der Waals surface area contributed by atoms with Crippen LogP contribution in [-0.2, 0) is 16.4 Å². The van der Waals surface area contributed by atoms with Crippen LogP contribution >= 0.6 is 0 Å². The maximum absolute atomic E-state index is 12.6. The van der Waals surface area contributed by atoms with E-state index in [0.717, 1.165) is 12.0 Å². The van der Waals surface area contributed by atoms with E-state index in [9.17, 15) is 8.42 Å². The lowest BCUT2D eigenvalue weighted by atomic mass is 10.1. The lowest BCUT2D eigenvalue weighted by molar-refractivity contribution is 0.299. The summed E-state index contributed by atoms with van der Waals surface area (Å²) in [6.07, 6.45) is 1.51. The van der Waals surface area contributed by atoms with Gasteiger partial charge < -0.3 is 5.11 Å². The predicted molar refractivity (Wildman–Crippen MR) is 81.1 cm³/mol. The smallest absolute Gasteiger partial charge is 0.243 e. The molecule has 0 aliphatic heterocycles. The summed E-state index contributed by atoms with van der Waals surface area (Å²) in [6, 6.07) is 6.78. The second kappa shape index (κ2) is 7.76. The van der Waals surface area contributed by atoms with Gasteiger partial charge in [0, 0.05) is 19.7 Å². The monoisotopic (exact) mass is 299 g/mol. The molecule has 5 heteroatoms. The highest BCUT2D eigenvalue weighted by atomic mass is 32.2. The molecule has 0 spiro atoms. The van der Waals surface area contributed by atoms with Crippen LogP contribution in [-0.4, -0.2) is 37.5 Å². The van der Waals surface area contributed by atoms with Crippen molar-refractivity contribution in [2.45, 2.75) is 38.5 Å². The molecule has 1 atom stereocenters. The molecule has 0 heterocycles. The summed E-state index contributed by atoms with van der Waals surface area (Å²) in [5, 5.41) is 8.87. The molecule has 114 valence electrons. The van der Waals surface area contributed by atoms with E-state index in [-0.39, 0.29) is 6.61 Å². The van der Waals surface area contributed by atoms with Gasteiger partial charge in [0.2, 0.25) is 10.0 Å². The first-order valence-corrected chi connectivity index (χ1v) is 8.59. The molecule has 1 rings (SSSR count). The first-order chi connectivity index (χ1) is 9.45. The molecule has 0 radical (unpaired) electrons. The second-order valence-corrected chi connectivity index (χ2v) is 7.02. The number of nitrogens with zero attached hydrogens (tertiary/aromatic N) is 1. The average molecular weight is 299 g/mol. The lowest BCUT2D eigenvalue weighted by Crippen LogP contribution is -2.34. The number of hydrogen-bond donors (Lipinski definition) is 1. The minimum Gasteiger partial charge on any atom is -0.396 e. The zero-order valence-corrected chi connectivity index (χ0v) is 13.4. The van der Waals surface area contributed by atoms with Gasteiger partial charge in [0.05, 0.1) is 4.90 Å². The van der Waals surface area contributed by atoms with E-state index in [1.807, 2.05) is 6.92 Å². The van der Waals surface area contributed by atoms with E-state index in [4.69, 9.17) is 5.11 Å². The molecule has 0 bridgehead atoms. The second-order valence-electron chi connectivity index (χ2n) is 5.09. The van der Waals surface area contributed by atoms with Crippen LogP contribution in [0.1, 0.15) is 32.8 Å². The number of rotatable bonds is 8. The maximum atomic E-state index is 12.6. The number of sulfonamides is 1. The van der Waals surface area contributed by atoms with Crippen LogP contribution < -0.4 is 0 Å². The van der Waals surface area contributed by atoms with Crippen LogP contribution in [0.15, 0.2) is 29.2 Å². The van der Waals surface area contributed by atoms with Gasteiger partial charge in [-0.25, -0.2) is 8.42 Å². The third-order valence-electron chi connectivity index (χ3n) is 3.53. The first kappa shape index (κ1) is 17.1. The van der Waals surface area contributed by atoms with E-state index in [2.05, 4.69) is 13.8 Å². The van der Waals surface area contributed by atoms with Crippen molar-refractivity contribution in [3.63, 3.8) is 0 Å². The largest absolute Gasteiger partial charge is 0.396 e. The Hall–Kier alpha value is -0.910. The molecule has 4 nitrogen and oxygen atoms in total. The Balaban J connectivity index is 2.95. The predicted octanol–water partition coefficient (Wildman–Crippen LogP) is 2.28. The average Bonchev–Trinajstić information content (AvgIpc) is 2.45. The fourth-order valence-electron chi connectivity index (χ4n) is 1.98. The van der Waals surface area contributed by atoms with Crippen molar-refractivity contribution >= 4 is 10.0 Å². The van der Waals surface area contributed by atoms with Gasteiger partial charge in [-0.05, 0) is 30.0 Å². The first-order valence-electron chi connectivity index (χ1n) is 7.15. The molecule has 1 aromatic carbocycles. The lowest BCUT2D eigenvalue weighted by Gasteiger charge is -2.23. The Labute approximate surface area is 122 Å². The quantitative estimate of drug-likeness (QED) is 0.801. The standard InChI is InChI=1S/C15H25NO3S/c1-4-13(3)12-16(5-2)20(18,19)15-8-6-14(7-9-15)10-11-17/h6-9,13,17H,4-5,10-12H2,1-3H3. The molecule has 0 saturated carbocycles. The van der Waals surface area contributed by atoms with E-state index < -0.39 is 10.0 Å². The topological polar surface area (TPSA) is 57.6 Å². The van der Waals surface area contributed by atoms with E-state index >= 15 is 0 Å². The number of aliphatic hydroxyl groups is 1. The van der Waals surface area contributed by atoms with Crippen molar-refractivity contribution < 1.29 is 13.5 Å². The molecular weight excluding hydrogens is 274 g/mol. The van der Waals surface area contributed by atoms with Crippen molar-refractivity contribution in [2.24, 2.45) is 5.92 Å². The van der Waals surface area contributed by atoms with Crippen LogP contribution in [0.25, 0.3) is 0 Å². The fourth-order valence-corrected chi connectivity index (χ4v) is 3.55. The maximum Gasteiger partial charge on any atom is 0.243 e. The molecule has 0 fully saturated rings. The summed E-state index contributed by atoms with van der Waals surface area (Å²) in [7, 11) is -3.42. The Morgan fingerprint density at radius 2 is 1.80 bits per heavy atom. The van der Waals surface area contributed by atoms with Crippen molar-refractivity contribution in [1.82, 2.24) is 4.31 Å². The highest BCUT2D eigenvalue weighted by molar-refractivity contribution is 7.89. The van der Waals surface area contributed by atoms with Crippen LogP contribution in [0.5, 0.6) is 0 Å². The fraction of sp³-hybridized carbons (Fsp3) is 0.600. The molecule has 0 saturated heterocycles. The minimum absolute atomic E-state index is 0.0706. The van der Waals surface area contributed by atoms with Gasteiger partial charge in [-0.2, -0.15) is 4.31 Å². The summed E-state index contributed by atoms with van der Waals surface area (Å²) in [5.74, 6) is 0.346. The third kappa shape index (κ3) is 4.30. The zero-order chi connectivity index (χ0) is 15.2. The SMILES string of the molecule is CCC(C)CN(CC)S(=O)(=O)c1ccc(CCO)cc1. The Morgan fingerprint density at radius 1 is 1.20 bits per heavy atom. The van der Waals surface area contributed by atoms with Gasteiger partial charge >= 0.3 is 0 Å². The van der Waals surface area contributed by atoms with E-state index in [1.54, 1.807) is 24.3 Å². The Morgan fingerprint density at radius 3 is 2.25 bits per heavy atom. The highest BCUT2D eigenvalue weighted by Crippen LogP contribution is 2.18. The van der Waals surface area contributed by atoms with Gasteiger partial charge in [0.1, 0.15) is 0 Å². The number of aliphatic hydroxyl groups excluding tert-OH is 1. The summed E-state index contributed by atoms with van der Waals surface area (Å²) in [5.41, 5.74) is 0.941. The van der Waals surface area contributed by atoms with Crippen LogP contribution in [0, 0.1) is 5.92 Å². The van der Waals surface area contributed by atoms with Crippen LogP contribution in [0.2, 0.25) is 0 Å². The summed E-state index contributed by atoms with van der Waals surface area (Å²) >= 11 is 0. The number of hydrogen-bond acceptors (Lipinski definition) is 3. The van der Waals surface area contributed by atoms with Crippen molar-refractivity contribution in [1.29, 1.82) is 0 Å². The highest BCUT2D eigenvalue weighted by Gasteiger charge is 2.24. The molecule has 20 heavy (non-hydrogen) atoms. The molecule has 1 N–H and O–H groups in total. The minimum atomic E-state index is -3.42. The van der Waals surface area contributed by atoms with Gasteiger partial charge in [-0.1, -0.05) is 39.3 Å². The van der Waals surface area contributed by atoms with Gasteiger partial charge in [0.15, 0.2) is 0 Å². The Bertz CT molecular complexity index is 496. The molecule has 1 unspecified atom stereocenters. The molecule has 0 aliphatic carbocycles. The molecule has 1 aromatic rings. The zero-order valence-electron chi connectivity index (χ0n) is 12.5. The van der Waals surface area contributed by atoms with Crippen molar-refractivity contribution in [3.05, 3.63) is 29.8 Å². The molecular formula is C15H25NO3S. The molecule has 0 aromatic heterocycles. The van der Waals surface area contributed by atoms with Gasteiger partial charge in [0.25, 0.3) is 0 Å². The third-order valence-corrected chi connectivity index (χ3v) is 5.48. The molecule has 0 amide bonds. The van der Waals surface area contributed by atoms with Crippen LogP contribution in [0.4, 0.5) is 0 Å². The van der Waals surface area contributed by atoms with E-state index in [1.165, 1.54) is 4.31 Å². The van der Waals surface area contributed by atoms with Crippen molar-refractivity contribution in [2.75, 3.05) is 19.7 Å². The number of benzene rings is 1. The van der Waals surface area contributed by atoms with Crippen LogP contribution in [0.3, 0.4) is 0 Å². The summed E-state index contributed by atoms with van der Waals surface area (Å²) < 4.78 is 26.7. The van der Waals surface area contributed by atoms with Gasteiger partial charge in [-0.15, -0.1) is 0 Å². The summed E-state index contributed by atoms with van der Waals surface area (Å²) in [6.45, 7) is 7.08. The Kier molecular flexibility index (Phi) is 6.65.